The molecule has 0 radical (unpaired) electrons. The van der Waals surface area contributed by atoms with Crippen LogP contribution in [0, 0.1) is 34.0 Å². The molecule has 27 heavy (non-hydrogen) atoms. The number of hydrogen-bond acceptors (Lipinski definition) is 5. The zero-order chi connectivity index (χ0) is 19.8. The van der Waals surface area contributed by atoms with Gasteiger partial charge in [0.25, 0.3) is 0 Å². The van der Waals surface area contributed by atoms with Gasteiger partial charge in [-0.2, -0.15) is 10.5 Å². The minimum atomic E-state index is -0.937. The molecule has 2 aliphatic heterocycles. The number of nitrogens with zero attached hydrogens (tertiary/aromatic N) is 3. The summed E-state index contributed by atoms with van der Waals surface area (Å²) in [5, 5.41) is 21.4. The van der Waals surface area contributed by atoms with Crippen LogP contribution in [-0.2, 0) is 16.0 Å². The molecule has 1 aromatic carbocycles. The summed E-state index contributed by atoms with van der Waals surface area (Å²) in [6.07, 6.45) is 0.819. The largest absolute Gasteiger partial charge is 0.319 e. The third-order valence-electron chi connectivity index (χ3n) is 5.13. The fraction of sp³-hybridized carbons (Fsp3) is 0.400. The molecule has 0 unspecified atom stereocenters. The number of allylic oxidation sites excluding steroid dienone is 1. The summed E-state index contributed by atoms with van der Waals surface area (Å²) in [4.78, 5) is 27.0. The number of fused-ring (bicyclic) bond motifs is 1. The van der Waals surface area contributed by atoms with Gasteiger partial charge >= 0.3 is 0 Å². The predicted molar refractivity (Wildman–Crippen MR) is 103 cm³/mol. The summed E-state index contributed by atoms with van der Waals surface area (Å²) in [5.41, 5.74) is 1.49. The van der Waals surface area contributed by atoms with Gasteiger partial charge in [-0.3, -0.25) is 9.59 Å². The molecule has 138 valence electrons. The molecule has 7 heteroatoms. The molecule has 3 rings (SSSR count). The SMILES string of the molecule is C[C@@H](SC1=C(C#N)C(C)(C)[C@H](C#N)C(=O)N1)C(=O)N1CCc2ccccc21. The van der Waals surface area contributed by atoms with Crippen molar-refractivity contribution in [2.24, 2.45) is 11.3 Å². The van der Waals surface area contributed by atoms with Crippen LogP contribution >= 0.6 is 11.8 Å². The van der Waals surface area contributed by atoms with Gasteiger partial charge in [0.15, 0.2) is 0 Å². The lowest BCUT2D eigenvalue weighted by molar-refractivity contribution is -0.125. The van der Waals surface area contributed by atoms with Gasteiger partial charge in [-0.25, -0.2) is 0 Å². The van der Waals surface area contributed by atoms with Crippen molar-refractivity contribution in [1.29, 1.82) is 10.5 Å². The highest BCUT2D eigenvalue weighted by Gasteiger charge is 2.45. The first-order valence-electron chi connectivity index (χ1n) is 8.72. The molecule has 0 aliphatic carbocycles. The van der Waals surface area contributed by atoms with Gasteiger partial charge in [0.05, 0.1) is 28.0 Å². The molecule has 2 heterocycles. The van der Waals surface area contributed by atoms with E-state index in [9.17, 15) is 20.1 Å². The minimum Gasteiger partial charge on any atom is -0.319 e. The molecule has 0 aromatic heterocycles. The maximum atomic E-state index is 13.0. The van der Waals surface area contributed by atoms with Crippen molar-refractivity contribution in [2.45, 2.75) is 32.4 Å². The Morgan fingerprint density at radius 1 is 1.37 bits per heavy atom. The molecule has 2 amide bonds. The van der Waals surface area contributed by atoms with Crippen LogP contribution in [0.3, 0.4) is 0 Å². The highest BCUT2D eigenvalue weighted by molar-refractivity contribution is 8.04. The van der Waals surface area contributed by atoms with E-state index >= 15 is 0 Å². The molecule has 0 saturated heterocycles. The number of para-hydroxylation sites is 1. The first kappa shape index (κ1) is 19.0. The molecular formula is C20H20N4O2S. The smallest absolute Gasteiger partial charge is 0.243 e. The Morgan fingerprint density at radius 2 is 2.07 bits per heavy atom. The number of thioether (sulfide) groups is 1. The van der Waals surface area contributed by atoms with E-state index in [1.807, 2.05) is 30.3 Å². The van der Waals surface area contributed by atoms with Crippen molar-refractivity contribution in [2.75, 3.05) is 11.4 Å². The Kier molecular flexibility index (Phi) is 4.99. The highest BCUT2D eigenvalue weighted by atomic mass is 32.2. The van der Waals surface area contributed by atoms with Crippen molar-refractivity contribution in [1.82, 2.24) is 5.32 Å². The number of nitrogens with one attached hydrogen (secondary N) is 1. The Balaban J connectivity index is 1.85. The van der Waals surface area contributed by atoms with E-state index in [4.69, 9.17) is 0 Å². The monoisotopic (exact) mass is 380 g/mol. The summed E-state index contributed by atoms with van der Waals surface area (Å²) >= 11 is 1.17. The van der Waals surface area contributed by atoms with Gasteiger partial charge in [0.1, 0.15) is 5.92 Å². The third-order valence-corrected chi connectivity index (χ3v) is 6.23. The molecule has 0 saturated carbocycles. The topological polar surface area (TPSA) is 97.0 Å². The van der Waals surface area contributed by atoms with E-state index in [0.29, 0.717) is 17.1 Å². The number of carbonyl (C=O) groups is 2. The zero-order valence-corrected chi connectivity index (χ0v) is 16.3. The van der Waals surface area contributed by atoms with E-state index in [1.165, 1.54) is 11.8 Å². The van der Waals surface area contributed by atoms with E-state index in [2.05, 4.69) is 11.4 Å². The fourth-order valence-electron chi connectivity index (χ4n) is 3.53. The fourth-order valence-corrected chi connectivity index (χ4v) is 4.70. The van der Waals surface area contributed by atoms with Crippen LogP contribution in [0.1, 0.15) is 26.3 Å². The zero-order valence-electron chi connectivity index (χ0n) is 15.4. The second-order valence-corrected chi connectivity index (χ2v) is 8.57. The van der Waals surface area contributed by atoms with Gasteiger partial charge in [-0.15, -0.1) is 0 Å². The molecule has 0 bridgehead atoms. The summed E-state index contributed by atoms with van der Waals surface area (Å²) in [7, 11) is 0. The standard InChI is InChI=1S/C20H20N4O2S/c1-12(19(26)24-9-8-13-6-4-5-7-16(13)24)27-18-15(11-22)20(2,3)14(10-21)17(25)23-18/h4-7,12,14H,8-9H2,1-3H3,(H,23,25)/t12-,14-/m1/s1. The summed E-state index contributed by atoms with van der Waals surface area (Å²) in [6, 6.07) is 11.9. The van der Waals surface area contributed by atoms with Crippen LogP contribution in [0.15, 0.2) is 34.9 Å². The van der Waals surface area contributed by atoms with Crippen LogP contribution < -0.4 is 10.2 Å². The predicted octanol–water partition coefficient (Wildman–Crippen LogP) is 2.73. The maximum Gasteiger partial charge on any atom is 0.243 e. The average Bonchev–Trinajstić information content (AvgIpc) is 3.04. The minimum absolute atomic E-state index is 0.0656. The average molecular weight is 380 g/mol. The number of carbonyl (C=O) groups excluding carboxylic acids is 2. The summed E-state index contributed by atoms with van der Waals surface area (Å²) < 4.78 is 0. The number of benzene rings is 1. The van der Waals surface area contributed by atoms with Crippen LogP contribution in [0.4, 0.5) is 5.69 Å². The number of nitriles is 2. The molecule has 1 N–H and O–H groups in total. The maximum absolute atomic E-state index is 13.0. The van der Waals surface area contributed by atoms with E-state index in [0.717, 1.165) is 17.7 Å². The van der Waals surface area contributed by atoms with Gasteiger partial charge < -0.3 is 10.2 Å². The van der Waals surface area contributed by atoms with E-state index in [-0.39, 0.29) is 5.91 Å². The second-order valence-electron chi connectivity index (χ2n) is 7.22. The van der Waals surface area contributed by atoms with Gasteiger partial charge in [0, 0.05) is 17.6 Å². The molecule has 2 atom stereocenters. The van der Waals surface area contributed by atoms with Crippen molar-refractivity contribution in [3.05, 3.63) is 40.4 Å². The number of anilines is 1. The van der Waals surface area contributed by atoms with Crippen molar-refractivity contribution in [3.8, 4) is 12.1 Å². The van der Waals surface area contributed by atoms with Gasteiger partial charge in [0.2, 0.25) is 11.8 Å². The van der Waals surface area contributed by atoms with E-state index < -0.39 is 22.5 Å². The van der Waals surface area contributed by atoms with Gasteiger partial charge in [-0.1, -0.05) is 43.8 Å². The summed E-state index contributed by atoms with van der Waals surface area (Å²) in [6.45, 7) is 5.82. The normalized spacial score (nSPS) is 21.7. The van der Waals surface area contributed by atoms with Crippen LogP contribution in [-0.4, -0.2) is 23.6 Å². The lowest BCUT2D eigenvalue weighted by Crippen LogP contribution is -2.45. The summed E-state index contributed by atoms with van der Waals surface area (Å²) in [5.74, 6) is -1.44. The molecular weight excluding hydrogens is 360 g/mol. The first-order valence-corrected chi connectivity index (χ1v) is 9.60. The molecule has 6 nitrogen and oxygen atoms in total. The lowest BCUT2D eigenvalue weighted by Gasteiger charge is -2.35. The van der Waals surface area contributed by atoms with E-state index in [1.54, 1.807) is 25.7 Å². The van der Waals surface area contributed by atoms with Crippen LogP contribution in [0.5, 0.6) is 0 Å². The quantitative estimate of drug-likeness (QED) is 0.870. The van der Waals surface area contributed by atoms with Crippen molar-refractivity contribution >= 4 is 29.3 Å². The van der Waals surface area contributed by atoms with Crippen molar-refractivity contribution < 1.29 is 9.59 Å². The molecule has 0 spiro atoms. The third kappa shape index (κ3) is 3.20. The first-order chi connectivity index (χ1) is 12.8. The number of rotatable bonds is 3. The molecule has 1 aromatic rings. The van der Waals surface area contributed by atoms with Crippen LogP contribution in [0.25, 0.3) is 0 Å². The molecule has 2 aliphatic rings. The van der Waals surface area contributed by atoms with Gasteiger partial charge in [-0.05, 0) is 25.0 Å². The van der Waals surface area contributed by atoms with Crippen molar-refractivity contribution in [3.63, 3.8) is 0 Å². The Bertz CT molecular complexity index is 923. The number of hydrogen-bond donors (Lipinski definition) is 1. The Hall–Kier alpha value is -2.77. The molecule has 0 fully saturated rings. The second kappa shape index (κ2) is 7.09. The highest BCUT2D eigenvalue weighted by Crippen LogP contribution is 2.43. The Labute approximate surface area is 162 Å². The number of amides is 2. The van der Waals surface area contributed by atoms with Crippen LogP contribution in [0.2, 0.25) is 0 Å². The lowest BCUT2D eigenvalue weighted by atomic mass is 9.72. The Morgan fingerprint density at radius 3 is 2.74 bits per heavy atom.